The van der Waals surface area contributed by atoms with E-state index in [1.807, 2.05) is 12.1 Å². The average Bonchev–Trinajstić information content (AvgIpc) is 2.77. The molecule has 0 aliphatic rings. The van der Waals surface area contributed by atoms with Gasteiger partial charge in [0.15, 0.2) is 0 Å². The lowest BCUT2D eigenvalue weighted by Gasteiger charge is -2.08. The molecule has 0 spiro atoms. The molecular weight excluding hydrogens is 256 g/mol. The Morgan fingerprint density at radius 3 is 2.74 bits per heavy atom. The van der Waals surface area contributed by atoms with Crippen molar-refractivity contribution in [3.05, 3.63) is 34.7 Å². The van der Waals surface area contributed by atoms with Gasteiger partial charge in [-0.25, -0.2) is 0 Å². The van der Waals surface area contributed by atoms with E-state index in [4.69, 9.17) is 0 Å². The molecule has 19 heavy (non-hydrogen) atoms. The Labute approximate surface area is 118 Å². The van der Waals surface area contributed by atoms with Gasteiger partial charge in [0, 0.05) is 9.58 Å². The summed E-state index contributed by atoms with van der Waals surface area (Å²) >= 11 is 1.64. The normalized spacial score (nSPS) is 12.7. The Hall–Kier alpha value is -1.35. The van der Waals surface area contributed by atoms with Crippen LogP contribution in [0.1, 0.15) is 49.5 Å². The molecule has 2 nitrogen and oxygen atoms in total. The SMILES string of the molecule is CCCCCc1c(C(C)C(=O)O)sc2ccccc12. The first-order valence-corrected chi connectivity index (χ1v) is 7.70. The van der Waals surface area contributed by atoms with E-state index in [0.717, 1.165) is 17.7 Å². The lowest BCUT2D eigenvalue weighted by Crippen LogP contribution is -2.07. The molecule has 0 radical (unpaired) electrons. The number of benzene rings is 1. The highest BCUT2D eigenvalue weighted by Crippen LogP contribution is 2.37. The van der Waals surface area contributed by atoms with Gasteiger partial charge in [-0.2, -0.15) is 0 Å². The predicted molar refractivity (Wildman–Crippen MR) is 81.1 cm³/mol. The lowest BCUT2D eigenvalue weighted by atomic mass is 9.98. The first-order valence-electron chi connectivity index (χ1n) is 6.88. The minimum atomic E-state index is -0.733. The molecule has 0 saturated heterocycles. The summed E-state index contributed by atoms with van der Waals surface area (Å²) in [5.74, 6) is -1.14. The minimum absolute atomic E-state index is 0.408. The molecule has 1 unspecified atom stereocenters. The van der Waals surface area contributed by atoms with Gasteiger partial charge in [-0.05, 0) is 36.8 Å². The Bertz CT molecular complexity index is 571. The number of hydrogen-bond acceptors (Lipinski definition) is 2. The highest BCUT2D eigenvalue weighted by atomic mass is 32.1. The Morgan fingerprint density at radius 2 is 2.05 bits per heavy atom. The molecule has 0 amide bonds. The second-order valence-electron chi connectivity index (χ2n) is 4.96. The monoisotopic (exact) mass is 276 g/mol. The van der Waals surface area contributed by atoms with Crippen LogP contribution in [0.4, 0.5) is 0 Å². The van der Waals surface area contributed by atoms with E-state index in [2.05, 4.69) is 19.1 Å². The fraction of sp³-hybridized carbons (Fsp3) is 0.438. The summed E-state index contributed by atoms with van der Waals surface area (Å²) in [5.41, 5.74) is 1.25. The third kappa shape index (κ3) is 2.98. The summed E-state index contributed by atoms with van der Waals surface area (Å²) < 4.78 is 1.21. The van der Waals surface area contributed by atoms with Crippen LogP contribution in [0.3, 0.4) is 0 Å². The van der Waals surface area contributed by atoms with Crippen molar-refractivity contribution < 1.29 is 9.90 Å². The summed E-state index contributed by atoms with van der Waals surface area (Å²) in [6.07, 6.45) is 4.51. The molecule has 1 atom stereocenters. The molecule has 1 heterocycles. The average molecular weight is 276 g/mol. The smallest absolute Gasteiger partial charge is 0.311 e. The van der Waals surface area contributed by atoms with Crippen LogP contribution in [0.2, 0.25) is 0 Å². The van der Waals surface area contributed by atoms with Crippen LogP contribution in [0.25, 0.3) is 10.1 Å². The number of carbonyl (C=O) groups is 1. The molecule has 1 aromatic carbocycles. The second-order valence-corrected chi connectivity index (χ2v) is 6.04. The van der Waals surface area contributed by atoms with Crippen LogP contribution in [0, 0.1) is 0 Å². The van der Waals surface area contributed by atoms with Crippen molar-refractivity contribution in [1.82, 2.24) is 0 Å². The van der Waals surface area contributed by atoms with Gasteiger partial charge in [-0.15, -0.1) is 11.3 Å². The zero-order valence-electron chi connectivity index (χ0n) is 11.5. The highest BCUT2D eigenvalue weighted by Gasteiger charge is 2.21. The van der Waals surface area contributed by atoms with Gasteiger partial charge < -0.3 is 5.11 Å². The zero-order chi connectivity index (χ0) is 13.8. The van der Waals surface area contributed by atoms with E-state index < -0.39 is 11.9 Å². The number of carboxylic acids is 1. The quantitative estimate of drug-likeness (QED) is 0.768. The fourth-order valence-corrected chi connectivity index (χ4v) is 3.69. The Balaban J connectivity index is 2.42. The number of thiophene rings is 1. The molecule has 3 heteroatoms. The maximum Gasteiger partial charge on any atom is 0.311 e. The van der Waals surface area contributed by atoms with Crippen LogP contribution in [0.15, 0.2) is 24.3 Å². The van der Waals surface area contributed by atoms with Crippen LogP contribution >= 0.6 is 11.3 Å². The van der Waals surface area contributed by atoms with E-state index in [1.165, 1.54) is 28.5 Å². The molecule has 2 aromatic rings. The van der Waals surface area contributed by atoms with Gasteiger partial charge in [-0.3, -0.25) is 4.79 Å². The third-order valence-corrected chi connectivity index (χ3v) is 4.92. The number of carboxylic acid groups (broad SMARTS) is 1. The third-order valence-electron chi connectivity index (χ3n) is 3.52. The van der Waals surface area contributed by atoms with Gasteiger partial charge in [0.1, 0.15) is 0 Å². The van der Waals surface area contributed by atoms with Gasteiger partial charge in [0.25, 0.3) is 0 Å². The minimum Gasteiger partial charge on any atom is -0.481 e. The van der Waals surface area contributed by atoms with Gasteiger partial charge >= 0.3 is 5.97 Å². The van der Waals surface area contributed by atoms with Crippen LogP contribution in [0.5, 0.6) is 0 Å². The molecular formula is C16H20O2S. The number of unbranched alkanes of at least 4 members (excludes halogenated alkanes) is 2. The lowest BCUT2D eigenvalue weighted by molar-refractivity contribution is -0.138. The molecule has 2 rings (SSSR count). The number of aliphatic carboxylic acids is 1. The van der Waals surface area contributed by atoms with Crippen LogP contribution in [-0.2, 0) is 11.2 Å². The number of fused-ring (bicyclic) bond motifs is 1. The van der Waals surface area contributed by atoms with Crippen molar-refractivity contribution in [3.63, 3.8) is 0 Å². The maximum atomic E-state index is 11.3. The van der Waals surface area contributed by atoms with Gasteiger partial charge in [0.05, 0.1) is 5.92 Å². The number of aryl methyl sites for hydroxylation is 1. The summed E-state index contributed by atoms with van der Waals surface area (Å²) in [6.45, 7) is 3.98. The van der Waals surface area contributed by atoms with E-state index in [1.54, 1.807) is 18.3 Å². The van der Waals surface area contributed by atoms with E-state index in [9.17, 15) is 9.90 Å². The van der Waals surface area contributed by atoms with E-state index >= 15 is 0 Å². The summed E-state index contributed by atoms with van der Waals surface area (Å²) in [7, 11) is 0. The largest absolute Gasteiger partial charge is 0.481 e. The molecule has 0 aliphatic heterocycles. The molecule has 1 N–H and O–H groups in total. The maximum absolute atomic E-state index is 11.3. The molecule has 0 aliphatic carbocycles. The van der Waals surface area contributed by atoms with Crippen LogP contribution < -0.4 is 0 Å². The predicted octanol–water partition coefficient (Wildman–Crippen LogP) is 4.82. The Kier molecular flexibility index (Phi) is 4.59. The van der Waals surface area contributed by atoms with Gasteiger partial charge in [0.2, 0.25) is 0 Å². The van der Waals surface area contributed by atoms with Crippen molar-refractivity contribution in [2.45, 2.75) is 45.4 Å². The topological polar surface area (TPSA) is 37.3 Å². The summed E-state index contributed by atoms with van der Waals surface area (Å²) in [4.78, 5) is 12.3. The highest BCUT2D eigenvalue weighted by molar-refractivity contribution is 7.19. The molecule has 102 valence electrons. The number of hydrogen-bond donors (Lipinski definition) is 1. The van der Waals surface area contributed by atoms with Crippen molar-refractivity contribution in [2.75, 3.05) is 0 Å². The first kappa shape index (κ1) is 14.1. The zero-order valence-corrected chi connectivity index (χ0v) is 12.3. The van der Waals surface area contributed by atoms with Crippen molar-refractivity contribution in [2.24, 2.45) is 0 Å². The molecule has 0 bridgehead atoms. The molecule has 1 aromatic heterocycles. The molecule has 0 fully saturated rings. The summed E-state index contributed by atoms with van der Waals surface area (Å²) in [6, 6.07) is 8.25. The van der Waals surface area contributed by atoms with Crippen molar-refractivity contribution in [1.29, 1.82) is 0 Å². The van der Waals surface area contributed by atoms with Gasteiger partial charge in [-0.1, -0.05) is 38.0 Å². The first-order chi connectivity index (χ1) is 9.15. The fourth-order valence-electron chi connectivity index (χ4n) is 2.39. The van der Waals surface area contributed by atoms with Crippen molar-refractivity contribution >= 4 is 27.4 Å². The molecule has 0 saturated carbocycles. The standard InChI is InChI=1S/C16H20O2S/c1-3-4-5-9-13-12-8-6-7-10-14(12)19-15(13)11(2)16(17)18/h6-8,10-11H,3-5,9H2,1-2H3,(H,17,18). The Morgan fingerprint density at radius 1 is 1.32 bits per heavy atom. The van der Waals surface area contributed by atoms with Crippen molar-refractivity contribution in [3.8, 4) is 0 Å². The number of rotatable bonds is 6. The van der Waals surface area contributed by atoms with Crippen LogP contribution in [-0.4, -0.2) is 11.1 Å². The second kappa shape index (κ2) is 6.20. The van der Waals surface area contributed by atoms with E-state index in [0.29, 0.717) is 0 Å². The van der Waals surface area contributed by atoms with E-state index in [-0.39, 0.29) is 0 Å². The summed E-state index contributed by atoms with van der Waals surface area (Å²) in [5, 5.41) is 10.5.